The Morgan fingerprint density at radius 2 is 1.81 bits per heavy atom. The number of amides is 1. The van der Waals surface area contributed by atoms with Crippen LogP contribution in [0.5, 0.6) is 0 Å². The molecule has 0 aromatic carbocycles. The van der Waals surface area contributed by atoms with E-state index in [2.05, 4.69) is 5.32 Å². The lowest BCUT2D eigenvalue weighted by Gasteiger charge is -2.30. The van der Waals surface area contributed by atoms with E-state index in [1.54, 1.807) is 0 Å². The minimum Gasteiger partial charge on any atom is -0.481 e. The van der Waals surface area contributed by atoms with Crippen molar-refractivity contribution < 1.29 is 19.8 Å². The number of carbonyl (C=O) groups is 2. The molecular weight excluding hydrogens is 210 g/mol. The van der Waals surface area contributed by atoms with Gasteiger partial charge < -0.3 is 15.5 Å². The highest BCUT2D eigenvalue weighted by molar-refractivity contribution is 5.93. The molecule has 1 aliphatic rings. The van der Waals surface area contributed by atoms with Crippen molar-refractivity contribution in [1.82, 2.24) is 5.32 Å². The fourth-order valence-electron chi connectivity index (χ4n) is 2.24. The monoisotopic (exact) mass is 229 g/mol. The zero-order valence-corrected chi connectivity index (χ0v) is 9.32. The first-order chi connectivity index (χ1) is 7.63. The van der Waals surface area contributed by atoms with Crippen molar-refractivity contribution >= 4 is 11.9 Å². The van der Waals surface area contributed by atoms with Crippen molar-refractivity contribution in [2.45, 2.75) is 32.1 Å². The van der Waals surface area contributed by atoms with Crippen LogP contribution in [0.1, 0.15) is 32.1 Å². The molecule has 5 heteroatoms. The minimum absolute atomic E-state index is 0.152. The Kier molecular flexibility index (Phi) is 5.25. The van der Waals surface area contributed by atoms with Crippen LogP contribution in [-0.2, 0) is 9.59 Å². The molecule has 0 aromatic rings. The van der Waals surface area contributed by atoms with E-state index >= 15 is 0 Å². The number of aliphatic carboxylic acids is 1. The summed E-state index contributed by atoms with van der Waals surface area (Å²) in [6.07, 6.45) is 3.77. The summed E-state index contributed by atoms with van der Waals surface area (Å²) in [7, 11) is 0. The summed E-state index contributed by atoms with van der Waals surface area (Å²) in [6, 6.07) is 0. The normalized spacial score (nSPS) is 25.1. The average Bonchev–Trinajstić information content (AvgIpc) is 2.26. The molecule has 0 radical (unpaired) electrons. The molecule has 0 bridgehead atoms. The third-order valence-electron chi connectivity index (χ3n) is 3.17. The summed E-state index contributed by atoms with van der Waals surface area (Å²) in [5.74, 6) is -1.02. The number of aliphatic hydroxyl groups excluding tert-OH is 1. The van der Waals surface area contributed by atoms with Crippen molar-refractivity contribution in [1.29, 1.82) is 0 Å². The molecule has 2 unspecified atom stereocenters. The topological polar surface area (TPSA) is 86.6 Å². The largest absolute Gasteiger partial charge is 0.481 e. The predicted molar refractivity (Wildman–Crippen MR) is 57.8 cm³/mol. The first-order valence-electron chi connectivity index (χ1n) is 5.73. The number of carboxylic acids is 1. The lowest BCUT2D eigenvalue weighted by atomic mass is 9.79. The number of carboxylic acid groups (broad SMARTS) is 1. The van der Waals surface area contributed by atoms with Gasteiger partial charge >= 0.3 is 5.97 Å². The van der Waals surface area contributed by atoms with Gasteiger partial charge in [-0.15, -0.1) is 0 Å². The van der Waals surface area contributed by atoms with Gasteiger partial charge in [-0.05, 0) is 24.7 Å². The first kappa shape index (κ1) is 13.0. The van der Waals surface area contributed by atoms with Gasteiger partial charge in [-0.1, -0.05) is 12.8 Å². The Morgan fingerprint density at radius 3 is 2.38 bits per heavy atom. The van der Waals surface area contributed by atoms with Crippen LogP contribution in [0, 0.1) is 11.8 Å². The fraction of sp³-hybridized carbons (Fsp3) is 0.818. The molecule has 92 valence electrons. The molecule has 1 saturated carbocycles. The summed E-state index contributed by atoms with van der Waals surface area (Å²) < 4.78 is 0. The lowest BCUT2D eigenvalue weighted by molar-refractivity contribution is -0.140. The number of hydrogen-bond acceptors (Lipinski definition) is 3. The third kappa shape index (κ3) is 4.18. The van der Waals surface area contributed by atoms with E-state index in [0.717, 1.165) is 25.7 Å². The summed E-state index contributed by atoms with van der Waals surface area (Å²) in [4.78, 5) is 21.4. The Morgan fingerprint density at radius 1 is 1.19 bits per heavy atom. The second-order valence-electron chi connectivity index (χ2n) is 4.36. The standard InChI is InChI=1S/C11H19NO4/c13-7-9-4-2-1-3-8(9)6-12-10(14)5-11(15)16/h8-9,13H,1-7H2,(H,12,14)(H,15,16). The molecule has 0 saturated heterocycles. The maximum Gasteiger partial charge on any atom is 0.312 e. The van der Waals surface area contributed by atoms with Gasteiger partial charge in [0.15, 0.2) is 0 Å². The summed E-state index contributed by atoms with van der Waals surface area (Å²) >= 11 is 0. The van der Waals surface area contributed by atoms with E-state index < -0.39 is 18.3 Å². The first-order valence-corrected chi connectivity index (χ1v) is 5.73. The van der Waals surface area contributed by atoms with Gasteiger partial charge in [0.25, 0.3) is 0 Å². The van der Waals surface area contributed by atoms with E-state index in [9.17, 15) is 9.59 Å². The number of aliphatic hydroxyl groups is 1. The van der Waals surface area contributed by atoms with E-state index in [4.69, 9.17) is 10.2 Å². The Bertz CT molecular complexity index is 254. The van der Waals surface area contributed by atoms with Crippen LogP contribution in [0.2, 0.25) is 0 Å². The molecule has 5 nitrogen and oxygen atoms in total. The SMILES string of the molecule is O=C(O)CC(=O)NCC1CCCCC1CO. The summed E-state index contributed by atoms with van der Waals surface area (Å²) in [5, 5.41) is 20.2. The maximum absolute atomic E-state index is 11.1. The zero-order valence-electron chi connectivity index (χ0n) is 9.32. The van der Waals surface area contributed by atoms with Crippen LogP contribution in [0.25, 0.3) is 0 Å². The minimum atomic E-state index is -1.11. The molecular formula is C11H19NO4. The zero-order chi connectivity index (χ0) is 12.0. The predicted octanol–water partition coefficient (Wildman–Crippen LogP) is 0.376. The molecule has 1 rings (SSSR count). The molecule has 0 heterocycles. The van der Waals surface area contributed by atoms with E-state index in [1.807, 2.05) is 0 Å². The molecule has 3 N–H and O–H groups in total. The molecule has 0 aromatic heterocycles. The smallest absolute Gasteiger partial charge is 0.312 e. The van der Waals surface area contributed by atoms with Gasteiger partial charge in [-0.2, -0.15) is 0 Å². The quantitative estimate of drug-likeness (QED) is 0.595. The highest BCUT2D eigenvalue weighted by Crippen LogP contribution is 2.28. The van der Waals surface area contributed by atoms with Crippen LogP contribution in [-0.4, -0.2) is 35.2 Å². The average molecular weight is 229 g/mol. The van der Waals surface area contributed by atoms with Crippen LogP contribution in [0.4, 0.5) is 0 Å². The van der Waals surface area contributed by atoms with Gasteiger partial charge in [-0.25, -0.2) is 0 Å². The van der Waals surface area contributed by atoms with Crippen LogP contribution < -0.4 is 5.32 Å². The molecule has 1 fully saturated rings. The second-order valence-corrected chi connectivity index (χ2v) is 4.36. The number of nitrogens with one attached hydrogen (secondary N) is 1. The molecule has 0 aliphatic heterocycles. The Labute approximate surface area is 94.8 Å². The van der Waals surface area contributed by atoms with Crippen molar-refractivity contribution in [3.63, 3.8) is 0 Å². The lowest BCUT2D eigenvalue weighted by Crippen LogP contribution is -2.36. The van der Waals surface area contributed by atoms with Gasteiger partial charge in [0.2, 0.25) is 5.91 Å². The van der Waals surface area contributed by atoms with Crippen LogP contribution >= 0.6 is 0 Å². The molecule has 2 atom stereocenters. The Balaban J connectivity index is 2.29. The van der Waals surface area contributed by atoms with Gasteiger partial charge in [0.1, 0.15) is 6.42 Å². The molecule has 1 aliphatic carbocycles. The van der Waals surface area contributed by atoms with Crippen molar-refractivity contribution in [2.24, 2.45) is 11.8 Å². The number of rotatable bonds is 5. The van der Waals surface area contributed by atoms with Crippen molar-refractivity contribution in [3.8, 4) is 0 Å². The van der Waals surface area contributed by atoms with E-state index in [-0.39, 0.29) is 18.4 Å². The third-order valence-corrected chi connectivity index (χ3v) is 3.17. The molecule has 16 heavy (non-hydrogen) atoms. The van der Waals surface area contributed by atoms with Crippen LogP contribution in [0.3, 0.4) is 0 Å². The van der Waals surface area contributed by atoms with Crippen molar-refractivity contribution in [2.75, 3.05) is 13.2 Å². The highest BCUT2D eigenvalue weighted by atomic mass is 16.4. The summed E-state index contributed by atoms with van der Waals surface area (Å²) in [6.45, 7) is 0.636. The highest BCUT2D eigenvalue weighted by Gasteiger charge is 2.24. The maximum atomic E-state index is 11.1. The van der Waals surface area contributed by atoms with Gasteiger partial charge in [0.05, 0.1) is 0 Å². The van der Waals surface area contributed by atoms with Gasteiger partial charge in [-0.3, -0.25) is 9.59 Å². The van der Waals surface area contributed by atoms with E-state index in [1.165, 1.54) is 0 Å². The van der Waals surface area contributed by atoms with Crippen LogP contribution in [0.15, 0.2) is 0 Å². The number of hydrogen-bond donors (Lipinski definition) is 3. The second kappa shape index (κ2) is 6.48. The van der Waals surface area contributed by atoms with E-state index in [0.29, 0.717) is 6.54 Å². The molecule has 0 spiro atoms. The number of carbonyl (C=O) groups excluding carboxylic acids is 1. The fourth-order valence-corrected chi connectivity index (χ4v) is 2.24. The van der Waals surface area contributed by atoms with Gasteiger partial charge in [0, 0.05) is 13.2 Å². The Hall–Kier alpha value is -1.10. The van der Waals surface area contributed by atoms with Crippen molar-refractivity contribution in [3.05, 3.63) is 0 Å². The summed E-state index contributed by atoms with van der Waals surface area (Å²) in [5.41, 5.74) is 0. The molecule has 1 amide bonds.